The molecule has 0 unspecified atom stereocenters. The van der Waals surface area contributed by atoms with E-state index in [9.17, 15) is 10.2 Å². The van der Waals surface area contributed by atoms with E-state index in [1.165, 1.54) is 116 Å². The zero-order valence-electron chi connectivity index (χ0n) is 26.6. The Hall–Kier alpha value is -0.340. The van der Waals surface area contributed by atoms with Crippen LogP contribution in [0.25, 0.3) is 0 Å². The maximum absolute atomic E-state index is 10.7. The highest BCUT2D eigenvalue weighted by molar-refractivity contribution is 7.80. The van der Waals surface area contributed by atoms with Crippen molar-refractivity contribution in [2.24, 2.45) is 0 Å². The Kier molecular flexibility index (Phi) is 25.7. The second-order valence-corrected chi connectivity index (χ2v) is 13.1. The number of aliphatic hydroxyl groups excluding tert-OH is 2. The van der Waals surface area contributed by atoms with E-state index in [0.717, 1.165) is 32.1 Å². The van der Waals surface area contributed by atoms with E-state index < -0.39 is 24.4 Å². The summed E-state index contributed by atoms with van der Waals surface area (Å²) in [5.41, 5.74) is 0. The van der Waals surface area contributed by atoms with Crippen molar-refractivity contribution in [1.82, 2.24) is 0 Å². The topological polar surface area (TPSA) is 68.2 Å². The zero-order valence-corrected chi connectivity index (χ0v) is 28.3. The SMILES string of the molecule is CCCCCCCCCCCCCC(=S)OC[C@@H](O)[C@H]1OC[C@H](O)[C@H]1OC(=S)CCCCCCCCCCCCC. The van der Waals surface area contributed by atoms with Crippen LogP contribution in [0.15, 0.2) is 0 Å². The number of unbranched alkanes of at least 4 members (excludes halogenated alkanes) is 20. The molecule has 1 aliphatic heterocycles. The molecular formula is C34H64O5S2. The van der Waals surface area contributed by atoms with Gasteiger partial charge in [-0.2, -0.15) is 0 Å². The molecule has 0 aliphatic carbocycles. The first-order valence-corrected chi connectivity index (χ1v) is 18.1. The van der Waals surface area contributed by atoms with Gasteiger partial charge in [-0.25, -0.2) is 0 Å². The molecule has 1 heterocycles. The van der Waals surface area contributed by atoms with E-state index in [0.29, 0.717) is 16.5 Å². The summed E-state index contributed by atoms with van der Waals surface area (Å²) in [5.74, 6) is 0. The van der Waals surface area contributed by atoms with Crippen molar-refractivity contribution in [2.45, 2.75) is 192 Å². The third-order valence-electron chi connectivity index (χ3n) is 8.19. The Morgan fingerprint density at radius 2 is 1.05 bits per heavy atom. The highest BCUT2D eigenvalue weighted by Gasteiger charge is 2.43. The van der Waals surface area contributed by atoms with Crippen LogP contribution in [0.2, 0.25) is 0 Å². The molecular weight excluding hydrogens is 553 g/mol. The van der Waals surface area contributed by atoms with Gasteiger partial charge in [-0.3, -0.25) is 0 Å². The van der Waals surface area contributed by atoms with Crippen molar-refractivity contribution in [3.63, 3.8) is 0 Å². The Bertz CT molecular complexity index is 632. The van der Waals surface area contributed by atoms with Gasteiger partial charge in [-0.15, -0.1) is 0 Å². The second kappa shape index (κ2) is 27.2. The average molecular weight is 617 g/mol. The zero-order chi connectivity index (χ0) is 30.0. The molecule has 242 valence electrons. The quantitative estimate of drug-likeness (QED) is 0.0670. The lowest BCUT2D eigenvalue weighted by molar-refractivity contribution is -0.0620. The lowest BCUT2D eigenvalue weighted by Crippen LogP contribution is -2.43. The number of aliphatic hydroxyl groups is 2. The van der Waals surface area contributed by atoms with Crippen molar-refractivity contribution in [3.05, 3.63) is 0 Å². The number of hydrogen-bond donors (Lipinski definition) is 2. The van der Waals surface area contributed by atoms with Crippen LogP contribution >= 0.6 is 24.4 Å². The maximum Gasteiger partial charge on any atom is 0.160 e. The molecule has 0 aromatic carbocycles. The molecule has 4 atom stereocenters. The van der Waals surface area contributed by atoms with E-state index in [1.54, 1.807) is 0 Å². The lowest BCUT2D eigenvalue weighted by Gasteiger charge is -2.26. The second-order valence-electron chi connectivity index (χ2n) is 12.1. The van der Waals surface area contributed by atoms with Gasteiger partial charge < -0.3 is 24.4 Å². The van der Waals surface area contributed by atoms with Crippen LogP contribution in [0.4, 0.5) is 0 Å². The lowest BCUT2D eigenvalue weighted by atomic mass is 10.0. The van der Waals surface area contributed by atoms with Crippen molar-refractivity contribution in [3.8, 4) is 0 Å². The third-order valence-corrected chi connectivity index (χ3v) is 8.82. The Balaban J connectivity index is 2.09. The standard InChI is InChI=1S/C34H64O5S2/c1-3-5-7-9-11-13-15-17-19-21-23-25-31(40)37-27-29(35)33-34(30(36)28-38-33)39-32(41)26-24-22-20-18-16-14-12-10-8-6-4-2/h29-30,33-36H,3-28H2,1-2H3/t29-,30+,33-,34-/m1/s1. The summed E-state index contributed by atoms with van der Waals surface area (Å²) in [6.45, 7) is 4.68. The van der Waals surface area contributed by atoms with E-state index in [2.05, 4.69) is 13.8 Å². The van der Waals surface area contributed by atoms with Crippen LogP contribution in [-0.2, 0) is 14.2 Å². The molecule has 2 N–H and O–H groups in total. The molecule has 41 heavy (non-hydrogen) atoms. The Morgan fingerprint density at radius 1 is 0.659 bits per heavy atom. The highest BCUT2D eigenvalue weighted by atomic mass is 32.1. The van der Waals surface area contributed by atoms with Gasteiger partial charge in [0.05, 0.1) is 6.61 Å². The molecule has 7 heteroatoms. The van der Waals surface area contributed by atoms with E-state index in [4.69, 9.17) is 38.6 Å². The molecule has 0 aromatic rings. The van der Waals surface area contributed by atoms with Crippen molar-refractivity contribution < 1.29 is 24.4 Å². The van der Waals surface area contributed by atoms with Gasteiger partial charge >= 0.3 is 0 Å². The maximum atomic E-state index is 10.7. The van der Waals surface area contributed by atoms with Crippen LogP contribution in [0.3, 0.4) is 0 Å². The fourth-order valence-corrected chi connectivity index (χ4v) is 5.98. The Labute approximate surface area is 263 Å². The summed E-state index contributed by atoms with van der Waals surface area (Å²) in [6, 6.07) is 0. The first-order chi connectivity index (χ1) is 20.0. The predicted molar refractivity (Wildman–Crippen MR) is 180 cm³/mol. The summed E-state index contributed by atoms with van der Waals surface area (Å²) < 4.78 is 17.2. The van der Waals surface area contributed by atoms with Gasteiger partial charge in [0, 0.05) is 12.8 Å². The monoisotopic (exact) mass is 616 g/mol. The number of rotatable bonds is 28. The van der Waals surface area contributed by atoms with Gasteiger partial charge in [0.25, 0.3) is 0 Å². The van der Waals surface area contributed by atoms with Crippen LogP contribution < -0.4 is 0 Å². The number of thiocarbonyl (C=S) groups is 2. The van der Waals surface area contributed by atoms with Gasteiger partial charge in [-0.1, -0.05) is 142 Å². The van der Waals surface area contributed by atoms with E-state index in [1.807, 2.05) is 0 Å². The van der Waals surface area contributed by atoms with Crippen molar-refractivity contribution in [2.75, 3.05) is 13.2 Å². The van der Waals surface area contributed by atoms with E-state index in [-0.39, 0.29) is 13.2 Å². The minimum Gasteiger partial charge on any atom is -0.484 e. The van der Waals surface area contributed by atoms with Crippen LogP contribution in [0.1, 0.15) is 168 Å². The molecule has 1 aliphatic rings. The molecule has 0 saturated carbocycles. The number of ether oxygens (including phenoxy) is 3. The molecule has 0 radical (unpaired) electrons. The largest absolute Gasteiger partial charge is 0.484 e. The smallest absolute Gasteiger partial charge is 0.160 e. The minimum atomic E-state index is -0.933. The van der Waals surface area contributed by atoms with Gasteiger partial charge in [0.15, 0.2) is 16.2 Å². The first kappa shape index (κ1) is 38.7. The van der Waals surface area contributed by atoms with Gasteiger partial charge in [0.1, 0.15) is 24.9 Å². The summed E-state index contributed by atoms with van der Waals surface area (Å²) in [5, 5.41) is 22.1. The van der Waals surface area contributed by atoms with Gasteiger partial charge in [0.2, 0.25) is 0 Å². The molecule has 0 amide bonds. The summed E-state index contributed by atoms with van der Waals surface area (Å²) in [4.78, 5) is 0. The van der Waals surface area contributed by atoms with Crippen LogP contribution in [0.5, 0.6) is 0 Å². The fourth-order valence-electron chi connectivity index (χ4n) is 5.52. The van der Waals surface area contributed by atoms with Crippen molar-refractivity contribution in [1.29, 1.82) is 0 Å². The highest BCUT2D eigenvalue weighted by Crippen LogP contribution is 2.23. The molecule has 1 fully saturated rings. The molecule has 0 aromatic heterocycles. The summed E-state index contributed by atoms with van der Waals surface area (Å²) >= 11 is 10.8. The van der Waals surface area contributed by atoms with Crippen LogP contribution in [-0.4, -0.2) is 57.9 Å². The third kappa shape index (κ3) is 21.1. The van der Waals surface area contributed by atoms with Gasteiger partial charge in [-0.05, 0) is 37.3 Å². The molecule has 1 saturated heterocycles. The summed E-state index contributed by atoms with van der Waals surface area (Å²) in [7, 11) is 0. The molecule has 0 bridgehead atoms. The van der Waals surface area contributed by atoms with E-state index >= 15 is 0 Å². The normalized spacial score (nSPS) is 19.4. The minimum absolute atomic E-state index is 0.0411. The van der Waals surface area contributed by atoms with Crippen LogP contribution in [0, 0.1) is 0 Å². The summed E-state index contributed by atoms with van der Waals surface area (Å²) in [6.07, 6.45) is 26.7. The first-order valence-electron chi connectivity index (χ1n) is 17.3. The molecule has 1 rings (SSSR count). The molecule has 0 spiro atoms. The average Bonchev–Trinajstić information content (AvgIpc) is 3.32. The fraction of sp³-hybridized carbons (Fsp3) is 0.941. The predicted octanol–water partition coefficient (Wildman–Crippen LogP) is 9.57. The molecule has 5 nitrogen and oxygen atoms in total. The van der Waals surface area contributed by atoms with Crippen molar-refractivity contribution >= 4 is 34.5 Å². The Morgan fingerprint density at radius 3 is 1.49 bits per heavy atom. The number of hydrogen-bond acceptors (Lipinski definition) is 7.